The molecule has 0 saturated heterocycles. The Kier molecular flexibility index (Phi) is 8.13. The van der Waals surface area contributed by atoms with Crippen LogP contribution in [0.25, 0.3) is 0 Å². The molecule has 2 aliphatic carbocycles. The summed E-state index contributed by atoms with van der Waals surface area (Å²) in [4.78, 5) is 0. The zero-order chi connectivity index (χ0) is 11.7. The highest BCUT2D eigenvalue weighted by Crippen LogP contribution is 2.56. The van der Waals surface area contributed by atoms with Crippen LogP contribution in [0.15, 0.2) is 0 Å². The molecule has 1 heteroatoms. The Morgan fingerprint density at radius 2 is 1.67 bits per heavy atom. The summed E-state index contributed by atoms with van der Waals surface area (Å²) in [6.07, 6.45) is 10.3. The molecule has 0 aromatic carbocycles. The smallest absolute Gasteiger partial charge is 0.0576 e. The molecule has 2 fully saturated rings. The second-order valence-corrected chi connectivity index (χ2v) is 4.66. The monoisotopic (exact) mass is 214 g/mol. The van der Waals surface area contributed by atoms with E-state index in [0.29, 0.717) is 6.10 Å². The first-order valence-corrected chi connectivity index (χ1v) is 6.79. The predicted molar refractivity (Wildman–Crippen MR) is 68.2 cm³/mol. The van der Waals surface area contributed by atoms with Crippen molar-refractivity contribution in [1.82, 2.24) is 0 Å². The summed E-state index contributed by atoms with van der Waals surface area (Å²) in [7, 11) is 1.85. The minimum absolute atomic E-state index is 0.594. The normalized spacial score (nSPS) is 25.8. The van der Waals surface area contributed by atoms with Crippen LogP contribution in [0.5, 0.6) is 0 Å². The molecule has 2 aliphatic rings. The number of hydrogen-bond acceptors (Lipinski definition) is 1. The SMILES string of the molecule is CC.CCC.COC1CCCC2(CC2)C1. The summed E-state index contributed by atoms with van der Waals surface area (Å²) in [5.74, 6) is 0. The fourth-order valence-corrected chi connectivity index (χ4v) is 2.22. The third kappa shape index (κ3) is 5.55. The van der Waals surface area contributed by atoms with E-state index in [9.17, 15) is 0 Å². The lowest BCUT2D eigenvalue weighted by molar-refractivity contribution is 0.0446. The molecule has 0 bridgehead atoms. The van der Waals surface area contributed by atoms with Gasteiger partial charge in [-0.3, -0.25) is 0 Å². The molecule has 92 valence electrons. The van der Waals surface area contributed by atoms with Gasteiger partial charge in [-0.25, -0.2) is 0 Å². The zero-order valence-corrected chi connectivity index (χ0v) is 11.4. The van der Waals surface area contributed by atoms with E-state index in [2.05, 4.69) is 13.8 Å². The maximum absolute atomic E-state index is 5.37. The summed E-state index contributed by atoms with van der Waals surface area (Å²) < 4.78 is 5.37. The molecule has 15 heavy (non-hydrogen) atoms. The molecule has 0 aromatic rings. The summed E-state index contributed by atoms with van der Waals surface area (Å²) >= 11 is 0. The Balaban J connectivity index is 0.000000342. The highest BCUT2D eigenvalue weighted by molar-refractivity contribution is 4.97. The lowest BCUT2D eigenvalue weighted by atomic mass is 9.84. The Bertz CT molecular complexity index is 138. The molecular formula is C14H30O. The van der Waals surface area contributed by atoms with Crippen LogP contribution in [-0.4, -0.2) is 13.2 Å². The molecule has 0 amide bonds. The van der Waals surface area contributed by atoms with Crippen LogP contribution < -0.4 is 0 Å². The molecule has 0 N–H and O–H groups in total. The van der Waals surface area contributed by atoms with Crippen molar-refractivity contribution >= 4 is 0 Å². The van der Waals surface area contributed by atoms with Crippen molar-refractivity contribution in [3.63, 3.8) is 0 Å². The van der Waals surface area contributed by atoms with Gasteiger partial charge < -0.3 is 4.74 Å². The van der Waals surface area contributed by atoms with Crippen LogP contribution in [0.1, 0.15) is 72.6 Å². The summed E-state index contributed by atoms with van der Waals surface area (Å²) in [5.41, 5.74) is 0.777. The standard InChI is InChI=1S/C9H16O.C3H8.C2H6/c1-10-8-3-2-4-9(7-8)5-6-9;1-3-2;1-2/h8H,2-7H2,1H3;3H2,1-2H3;1-2H3. The van der Waals surface area contributed by atoms with Crippen LogP contribution in [0.3, 0.4) is 0 Å². The highest BCUT2D eigenvalue weighted by atomic mass is 16.5. The molecule has 2 rings (SSSR count). The Morgan fingerprint density at radius 1 is 1.13 bits per heavy atom. The van der Waals surface area contributed by atoms with Gasteiger partial charge in [0.25, 0.3) is 0 Å². The Labute approximate surface area is 96.6 Å². The number of hydrogen-bond donors (Lipinski definition) is 0. The molecule has 0 radical (unpaired) electrons. The first-order chi connectivity index (χ1) is 7.26. The third-order valence-electron chi connectivity index (χ3n) is 3.18. The molecule has 0 aliphatic heterocycles. The topological polar surface area (TPSA) is 9.23 Å². The predicted octanol–water partition coefficient (Wildman–Crippen LogP) is 4.80. The molecule has 1 nitrogen and oxygen atoms in total. The highest BCUT2D eigenvalue weighted by Gasteiger charge is 2.45. The van der Waals surface area contributed by atoms with Crippen molar-refractivity contribution in [2.75, 3.05) is 7.11 Å². The zero-order valence-electron chi connectivity index (χ0n) is 11.4. The van der Waals surface area contributed by atoms with Crippen molar-refractivity contribution in [2.24, 2.45) is 5.41 Å². The summed E-state index contributed by atoms with van der Waals surface area (Å²) in [6.45, 7) is 8.25. The van der Waals surface area contributed by atoms with Gasteiger partial charge in [0.2, 0.25) is 0 Å². The van der Waals surface area contributed by atoms with Gasteiger partial charge in [-0.2, -0.15) is 0 Å². The molecule has 0 aromatic heterocycles. The minimum atomic E-state index is 0.594. The minimum Gasteiger partial charge on any atom is -0.381 e. The third-order valence-corrected chi connectivity index (χ3v) is 3.18. The van der Waals surface area contributed by atoms with E-state index >= 15 is 0 Å². The van der Waals surface area contributed by atoms with Crippen LogP contribution in [-0.2, 0) is 4.74 Å². The largest absolute Gasteiger partial charge is 0.381 e. The molecule has 0 heterocycles. The van der Waals surface area contributed by atoms with Crippen LogP contribution in [0, 0.1) is 5.41 Å². The lowest BCUT2D eigenvalue weighted by Crippen LogP contribution is -2.22. The van der Waals surface area contributed by atoms with Crippen molar-refractivity contribution in [3.05, 3.63) is 0 Å². The maximum atomic E-state index is 5.37. The van der Waals surface area contributed by atoms with Gasteiger partial charge in [0, 0.05) is 7.11 Å². The molecular weight excluding hydrogens is 184 g/mol. The second kappa shape index (κ2) is 8.15. The summed E-state index contributed by atoms with van der Waals surface area (Å²) in [5, 5.41) is 0. The van der Waals surface area contributed by atoms with Gasteiger partial charge in [-0.15, -0.1) is 0 Å². The Morgan fingerprint density at radius 3 is 2.07 bits per heavy atom. The van der Waals surface area contributed by atoms with E-state index in [1.165, 1.54) is 44.9 Å². The number of methoxy groups -OCH3 is 1. The molecule has 1 spiro atoms. The quantitative estimate of drug-likeness (QED) is 0.609. The van der Waals surface area contributed by atoms with E-state index < -0.39 is 0 Å². The average molecular weight is 214 g/mol. The average Bonchev–Trinajstić information content (AvgIpc) is 3.02. The van der Waals surface area contributed by atoms with Gasteiger partial charge in [0.15, 0.2) is 0 Å². The molecule has 2 saturated carbocycles. The van der Waals surface area contributed by atoms with Gasteiger partial charge in [0.1, 0.15) is 0 Å². The van der Waals surface area contributed by atoms with E-state index in [0.717, 1.165) is 5.41 Å². The fraction of sp³-hybridized carbons (Fsp3) is 1.00. The van der Waals surface area contributed by atoms with Crippen molar-refractivity contribution < 1.29 is 4.74 Å². The number of rotatable bonds is 1. The number of ether oxygens (including phenoxy) is 1. The fourth-order valence-electron chi connectivity index (χ4n) is 2.22. The maximum Gasteiger partial charge on any atom is 0.0576 e. The van der Waals surface area contributed by atoms with E-state index in [-0.39, 0.29) is 0 Å². The Hall–Kier alpha value is -0.0400. The van der Waals surface area contributed by atoms with Crippen LogP contribution in [0.2, 0.25) is 0 Å². The van der Waals surface area contributed by atoms with E-state index in [1.54, 1.807) is 0 Å². The van der Waals surface area contributed by atoms with E-state index in [1.807, 2.05) is 21.0 Å². The van der Waals surface area contributed by atoms with Crippen LogP contribution >= 0.6 is 0 Å². The van der Waals surface area contributed by atoms with Gasteiger partial charge >= 0.3 is 0 Å². The second-order valence-electron chi connectivity index (χ2n) is 4.66. The molecule has 1 unspecified atom stereocenters. The molecule has 1 atom stereocenters. The van der Waals surface area contributed by atoms with Gasteiger partial charge in [0.05, 0.1) is 6.10 Å². The first-order valence-electron chi connectivity index (χ1n) is 6.79. The first kappa shape index (κ1) is 15.0. The lowest BCUT2D eigenvalue weighted by Gasteiger charge is -2.27. The van der Waals surface area contributed by atoms with Gasteiger partial charge in [-0.05, 0) is 37.5 Å². The summed E-state index contributed by atoms with van der Waals surface area (Å²) in [6, 6.07) is 0. The van der Waals surface area contributed by atoms with E-state index in [4.69, 9.17) is 4.74 Å². The van der Waals surface area contributed by atoms with Crippen molar-refractivity contribution in [1.29, 1.82) is 0 Å². The van der Waals surface area contributed by atoms with Crippen molar-refractivity contribution in [2.45, 2.75) is 78.7 Å². The van der Waals surface area contributed by atoms with Crippen LogP contribution in [0.4, 0.5) is 0 Å². The van der Waals surface area contributed by atoms with Gasteiger partial charge in [-0.1, -0.05) is 40.5 Å². The van der Waals surface area contributed by atoms with Crippen molar-refractivity contribution in [3.8, 4) is 0 Å².